The first-order valence-corrected chi connectivity index (χ1v) is 7.19. The van der Waals surface area contributed by atoms with Crippen molar-refractivity contribution in [2.75, 3.05) is 0 Å². The smallest absolute Gasteiger partial charge is 0.135 e. The van der Waals surface area contributed by atoms with Crippen molar-refractivity contribution >= 4 is 0 Å². The van der Waals surface area contributed by atoms with Crippen molar-refractivity contribution in [2.45, 2.75) is 32.6 Å². The van der Waals surface area contributed by atoms with Crippen molar-refractivity contribution in [1.82, 2.24) is 10.2 Å². The first-order chi connectivity index (χ1) is 10.00. The van der Waals surface area contributed by atoms with Crippen molar-refractivity contribution in [1.29, 1.82) is 0 Å². The number of aromatic nitrogens is 2. The topological polar surface area (TPSA) is 25.8 Å². The lowest BCUT2D eigenvalue weighted by molar-refractivity contribution is 0.394. The molecule has 0 aliphatic heterocycles. The number of rotatable bonds is 1. The van der Waals surface area contributed by atoms with E-state index in [1.54, 1.807) is 0 Å². The Kier molecular flexibility index (Phi) is 2.51. The Balaban J connectivity index is 1.88. The summed E-state index contributed by atoms with van der Waals surface area (Å²) in [6.45, 7) is 4.43. The van der Waals surface area contributed by atoms with Gasteiger partial charge in [0.25, 0.3) is 0 Å². The van der Waals surface area contributed by atoms with Crippen LogP contribution in [0.4, 0.5) is 8.78 Å². The lowest BCUT2D eigenvalue weighted by Crippen LogP contribution is -2.15. The number of nitrogens with zero attached hydrogens (tertiary/aromatic N) is 2. The van der Waals surface area contributed by atoms with Crippen LogP contribution in [0.15, 0.2) is 24.3 Å². The summed E-state index contributed by atoms with van der Waals surface area (Å²) in [6.07, 6.45) is 2.13. The van der Waals surface area contributed by atoms with E-state index in [-0.39, 0.29) is 16.7 Å². The van der Waals surface area contributed by atoms with E-state index in [9.17, 15) is 8.78 Å². The fourth-order valence-corrected chi connectivity index (χ4v) is 3.92. The van der Waals surface area contributed by atoms with E-state index in [1.165, 1.54) is 24.1 Å². The van der Waals surface area contributed by atoms with Crippen LogP contribution in [0.1, 0.15) is 43.9 Å². The molecule has 4 heteroatoms. The third kappa shape index (κ3) is 1.62. The average Bonchev–Trinajstić information content (AvgIpc) is 2.85. The monoisotopic (exact) mass is 285 g/mol. The van der Waals surface area contributed by atoms with Gasteiger partial charge in [0.1, 0.15) is 11.6 Å². The minimum Gasteiger partial charge on any atom is -0.206 e. The third-order valence-electron chi connectivity index (χ3n) is 5.04. The lowest BCUT2D eigenvalue weighted by atomic mass is 9.80. The maximum Gasteiger partial charge on any atom is 0.135 e. The van der Waals surface area contributed by atoms with E-state index in [1.807, 2.05) is 6.07 Å². The Bertz CT molecular complexity index is 719. The summed E-state index contributed by atoms with van der Waals surface area (Å²) < 4.78 is 27.8. The summed E-state index contributed by atoms with van der Waals surface area (Å²) in [6, 6.07) is 5.68. The maximum atomic E-state index is 13.9. The van der Waals surface area contributed by atoms with Gasteiger partial charge in [-0.3, -0.25) is 0 Å². The summed E-state index contributed by atoms with van der Waals surface area (Å²) in [7, 11) is 0. The van der Waals surface area contributed by atoms with Crippen LogP contribution in [-0.2, 0) is 0 Å². The summed E-state index contributed by atoms with van der Waals surface area (Å²) in [5.74, 6) is 0.515. The van der Waals surface area contributed by atoms with Crippen molar-refractivity contribution in [2.24, 2.45) is 5.41 Å². The number of fused-ring (bicyclic) bond motifs is 5. The molecule has 21 heavy (non-hydrogen) atoms. The van der Waals surface area contributed by atoms with Crippen LogP contribution in [-0.4, -0.2) is 10.2 Å². The summed E-state index contributed by atoms with van der Waals surface area (Å²) in [5, 5.41) is 8.35. The second-order valence-electron chi connectivity index (χ2n) is 6.42. The molecular formula is C17H15F2N2. The minimum atomic E-state index is -0.598. The summed E-state index contributed by atoms with van der Waals surface area (Å²) >= 11 is 0. The SMILES string of the molecule is CC1(C)[C]2CC[C@@H]1c1cc(-c3c(F)cccc3F)nnc12. The van der Waals surface area contributed by atoms with Crippen LogP contribution in [0.3, 0.4) is 0 Å². The Morgan fingerprint density at radius 3 is 2.57 bits per heavy atom. The van der Waals surface area contributed by atoms with E-state index in [4.69, 9.17) is 0 Å². The molecule has 2 aromatic rings. The Morgan fingerprint density at radius 2 is 1.86 bits per heavy atom. The molecule has 107 valence electrons. The van der Waals surface area contributed by atoms with Gasteiger partial charge in [0, 0.05) is 5.92 Å². The van der Waals surface area contributed by atoms with Gasteiger partial charge in [0.2, 0.25) is 0 Å². The van der Waals surface area contributed by atoms with Crippen LogP contribution >= 0.6 is 0 Å². The molecule has 0 amide bonds. The molecule has 1 heterocycles. The second-order valence-corrected chi connectivity index (χ2v) is 6.42. The summed E-state index contributed by atoms with van der Waals surface area (Å²) in [5.41, 5.74) is 2.32. The molecule has 1 saturated carbocycles. The predicted octanol–water partition coefficient (Wildman–Crippen LogP) is 4.26. The molecule has 0 unspecified atom stereocenters. The first kappa shape index (κ1) is 12.9. The minimum absolute atomic E-state index is 0.0848. The highest BCUT2D eigenvalue weighted by Crippen LogP contribution is 2.63. The molecule has 2 nitrogen and oxygen atoms in total. The van der Waals surface area contributed by atoms with Gasteiger partial charge in [-0.1, -0.05) is 19.9 Å². The van der Waals surface area contributed by atoms with E-state index in [0.717, 1.165) is 24.1 Å². The highest BCUT2D eigenvalue weighted by Gasteiger charge is 2.53. The average molecular weight is 285 g/mol. The van der Waals surface area contributed by atoms with Gasteiger partial charge in [0.05, 0.1) is 17.0 Å². The molecule has 4 rings (SSSR count). The quantitative estimate of drug-likeness (QED) is 0.782. The molecule has 1 aromatic heterocycles. The fraction of sp³-hybridized carbons (Fsp3) is 0.353. The van der Waals surface area contributed by atoms with E-state index in [2.05, 4.69) is 24.0 Å². The van der Waals surface area contributed by atoms with Gasteiger partial charge in [-0.2, -0.15) is 10.2 Å². The van der Waals surface area contributed by atoms with E-state index in [0.29, 0.717) is 5.92 Å². The molecule has 0 N–H and O–H groups in total. The molecular weight excluding hydrogens is 270 g/mol. The maximum absolute atomic E-state index is 13.9. The first-order valence-electron chi connectivity index (χ1n) is 7.19. The molecule has 1 atom stereocenters. The molecule has 2 aliphatic rings. The number of hydrogen-bond donors (Lipinski definition) is 0. The van der Waals surface area contributed by atoms with Crippen LogP contribution in [0.25, 0.3) is 11.3 Å². The van der Waals surface area contributed by atoms with Gasteiger partial charge in [0.15, 0.2) is 0 Å². The van der Waals surface area contributed by atoms with Crippen LogP contribution in [0, 0.1) is 23.0 Å². The molecule has 1 aromatic carbocycles. The number of hydrogen-bond acceptors (Lipinski definition) is 2. The predicted molar refractivity (Wildman–Crippen MR) is 75.5 cm³/mol. The van der Waals surface area contributed by atoms with Gasteiger partial charge >= 0.3 is 0 Å². The van der Waals surface area contributed by atoms with Crippen LogP contribution in [0.5, 0.6) is 0 Å². The van der Waals surface area contributed by atoms with E-state index < -0.39 is 11.6 Å². The summed E-state index contributed by atoms with van der Waals surface area (Å²) in [4.78, 5) is 0. The standard InChI is InChI=1S/C17H15F2N2/c1-17(2)10-6-7-11(17)16-9(10)8-14(20-21-16)15-12(18)4-3-5-13(15)19/h3-5,8,10H,6-7H2,1-2H3/t10-/m1/s1. The molecule has 1 radical (unpaired) electrons. The molecule has 2 aliphatic carbocycles. The van der Waals surface area contributed by atoms with Crippen LogP contribution in [0.2, 0.25) is 0 Å². The zero-order chi connectivity index (χ0) is 14.8. The van der Waals surface area contributed by atoms with Gasteiger partial charge in [-0.25, -0.2) is 8.78 Å². The third-order valence-corrected chi connectivity index (χ3v) is 5.04. The highest BCUT2D eigenvalue weighted by molar-refractivity contribution is 5.64. The van der Waals surface area contributed by atoms with Gasteiger partial charge < -0.3 is 0 Å². The highest BCUT2D eigenvalue weighted by atomic mass is 19.1. The molecule has 2 bridgehead atoms. The van der Waals surface area contributed by atoms with Crippen LogP contribution < -0.4 is 0 Å². The molecule has 0 saturated heterocycles. The number of halogens is 2. The lowest BCUT2D eigenvalue weighted by Gasteiger charge is -2.23. The second kappa shape index (κ2) is 4.09. The van der Waals surface area contributed by atoms with E-state index >= 15 is 0 Å². The van der Waals surface area contributed by atoms with Gasteiger partial charge in [-0.05, 0) is 47.9 Å². The Labute approximate surface area is 122 Å². The molecule has 0 spiro atoms. The fourth-order valence-electron chi connectivity index (χ4n) is 3.92. The Hall–Kier alpha value is -1.84. The van der Waals surface area contributed by atoms with Crippen molar-refractivity contribution in [3.8, 4) is 11.3 Å². The van der Waals surface area contributed by atoms with Crippen molar-refractivity contribution < 1.29 is 8.78 Å². The van der Waals surface area contributed by atoms with Gasteiger partial charge in [-0.15, -0.1) is 0 Å². The largest absolute Gasteiger partial charge is 0.206 e. The molecule has 1 fully saturated rings. The Morgan fingerprint density at radius 1 is 1.14 bits per heavy atom. The van der Waals surface area contributed by atoms with Crippen molar-refractivity contribution in [3.63, 3.8) is 0 Å². The zero-order valence-electron chi connectivity index (χ0n) is 12.0. The van der Waals surface area contributed by atoms with Crippen molar-refractivity contribution in [3.05, 3.63) is 53.1 Å². The normalized spacial score (nSPS) is 22.6. The zero-order valence-corrected chi connectivity index (χ0v) is 12.0. The number of benzene rings is 1.